The molecule has 1 aromatic rings. The highest BCUT2D eigenvalue weighted by Crippen LogP contribution is 2.57. The van der Waals surface area contributed by atoms with Crippen LogP contribution in [0.2, 0.25) is 0 Å². The Balaban J connectivity index is 1.76. The van der Waals surface area contributed by atoms with Gasteiger partial charge in [-0.3, -0.25) is 0 Å². The topological polar surface area (TPSA) is 46.5 Å². The van der Waals surface area contributed by atoms with Crippen molar-refractivity contribution >= 4 is 12.0 Å². The van der Waals surface area contributed by atoms with Crippen molar-refractivity contribution in [3.63, 3.8) is 0 Å². The number of ether oxygens (including phenoxy) is 1. The molecule has 0 aromatic heterocycles. The molecule has 142 valence electrons. The molecule has 0 amide bonds. The Kier molecular flexibility index (Phi) is 5.86. The third kappa shape index (κ3) is 3.59. The van der Waals surface area contributed by atoms with E-state index in [0.717, 1.165) is 24.8 Å². The molecule has 0 bridgehead atoms. The van der Waals surface area contributed by atoms with Gasteiger partial charge in [0, 0.05) is 0 Å². The number of allylic oxidation sites excluding steroid dienone is 1. The number of rotatable bonds is 5. The first-order chi connectivity index (χ1) is 12.5. The van der Waals surface area contributed by atoms with Gasteiger partial charge in [-0.05, 0) is 67.4 Å². The molecule has 0 saturated heterocycles. The normalized spacial score (nSPS) is 32.4. The fraction of sp³-hybridized carbons (Fsp3) is 0.609. The zero-order valence-corrected chi connectivity index (χ0v) is 16.3. The number of esters is 1. The van der Waals surface area contributed by atoms with Gasteiger partial charge in [-0.15, -0.1) is 0 Å². The highest BCUT2D eigenvalue weighted by Gasteiger charge is 2.51. The highest BCUT2D eigenvalue weighted by atomic mass is 16.5. The molecule has 5 atom stereocenters. The first kappa shape index (κ1) is 19.2. The molecule has 0 aliphatic heterocycles. The van der Waals surface area contributed by atoms with Crippen LogP contribution in [0.5, 0.6) is 0 Å². The minimum Gasteiger partial charge on any atom is -0.462 e. The first-order valence-corrected chi connectivity index (χ1v) is 10.1. The van der Waals surface area contributed by atoms with E-state index in [-0.39, 0.29) is 17.5 Å². The fourth-order valence-corrected chi connectivity index (χ4v) is 5.48. The van der Waals surface area contributed by atoms with E-state index in [1.165, 1.54) is 12.8 Å². The van der Waals surface area contributed by atoms with Crippen molar-refractivity contribution in [3.8, 4) is 0 Å². The van der Waals surface area contributed by atoms with Crippen molar-refractivity contribution in [1.29, 1.82) is 0 Å². The minimum absolute atomic E-state index is 0.125. The molecule has 1 aromatic carbocycles. The van der Waals surface area contributed by atoms with Gasteiger partial charge >= 0.3 is 5.97 Å². The molecule has 1 unspecified atom stereocenters. The molecule has 26 heavy (non-hydrogen) atoms. The number of fused-ring (bicyclic) bond motifs is 1. The number of benzene rings is 1. The van der Waals surface area contributed by atoms with E-state index in [1.807, 2.05) is 31.2 Å². The molecular formula is C23H32O3. The smallest absolute Gasteiger partial charge is 0.338 e. The minimum atomic E-state index is -0.260. The van der Waals surface area contributed by atoms with Gasteiger partial charge in [0.2, 0.25) is 0 Å². The van der Waals surface area contributed by atoms with Crippen LogP contribution in [0.4, 0.5) is 0 Å². The Morgan fingerprint density at radius 1 is 1.35 bits per heavy atom. The summed E-state index contributed by atoms with van der Waals surface area (Å²) in [5, 5.41) is 10.4. The largest absolute Gasteiger partial charge is 0.462 e. The summed E-state index contributed by atoms with van der Waals surface area (Å²) in [6.07, 6.45) is 9.83. The number of carbonyl (C=O) groups is 1. The summed E-state index contributed by atoms with van der Waals surface area (Å²) in [4.78, 5) is 12.2. The summed E-state index contributed by atoms with van der Waals surface area (Å²) in [7, 11) is 0. The van der Waals surface area contributed by atoms with Gasteiger partial charge in [0.1, 0.15) is 0 Å². The standard InChI is InChI=1S/C23H32O3/c1-4-26-22(25)18-9-6-5-8-17(18)12-11-16(2)19-13-14-20-21(24)10-7-15-23(19,20)3/h5-6,8-9,11-12,16,19-21,24H,4,7,10,13-15H2,1-3H3/t16?,19-,20+,21+,23-/m1/s1. The monoisotopic (exact) mass is 356 g/mol. The van der Waals surface area contributed by atoms with Crippen LogP contribution < -0.4 is 0 Å². The third-order valence-corrected chi connectivity index (χ3v) is 6.83. The average Bonchev–Trinajstić information content (AvgIpc) is 2.98. The van der Waals surface area contributed by atoms with Gasteiger partial charge in [-0.2, -0.15) is 0 Å². The van der Waals surface area contributed by atoms with Crippen molar-refractivity contribution in [2.24, 2.45) is 23.2 Å². The van der Waals surface area contributed by atoms with E-state index in [2.05, 4.69) is 26.0 Å². The van der Waals surface area contributed by atoms with Crippen LogP contribution in [0.3, 0.4) is 0 Å². The second-order valence-corrected chi connectivity index (χ2v) is 8.28. The van der Waals surface area contributed by atoms with Gasteiger partial charge < -0.3 is 9.84 Å². The van der Waals surface area contributed by atoms with E-state index >= 15 is 0 Å². The molecule has 2 aliphatic rings. The van der Waals surface area contributed by atoms with Crippen LogP contribution in [0.25, 0.3) is 6.08 Å². The Hall–Kier alpha value is -1.61. The van der Waals surface area contributed by atoms with E-state index < -0.39 is 0 Å². The van der Waals surface area contributed by atoms with Crippen LogP contribution >= 0.6 is 0 Å². The molecule has 0 heterocycles. The van der Waals surface area contributed by atoms with Crippen LogP contribution in [0.1, 0.15) is 68.8 Å². The molecule has 3 rings (SSSR count). The number of hydrogen-bond donors (Lipinski definition) is 1. The van der Waals surface area contributed by atoms with E-state index in [0.29, 0.717) is 29.9 Å². The third-order valence-electron chi connectivity index (χ3n) is 6.83. The second kappa shape index (κ2) is 7.96. The van der Waals surface area contributed by atoms with E-state index in [4.69, 9.17) is 4.74 Å². The van der Waals surface area contributed by atoms with Crippen LogP contribution in [0, 0.1) is 23.2 Å². The predicted octanol–water partition coefficient (Wildman–Crippen LogP) is 5.09. The molecular weight excluding hydrogens is 324 g/mol. The lowest BCUT2D eigenvalue weighted by Crippen LogP contribution is -2.41. The molecule has 3 heteroatoms. The van der Waals surface area contributed by atoms with Crippen molar-refractivity contribution in [2.45, 2.75) is 59.0 Å². The quantitative estimate of drug-likeness (QED) is 0.748. The van der Waals surface area contributed by atoms with Crippen molar-refractivity contribution < 1.29 is 14.6 Å². The number of hydrogen-bond acceptors (Lipinski definition) is 3. The average molecular weight is 357 g/mol. The maximum absolute atomic E-state index is 12.2. The van der Waals surface area contributed by atoms with Crippen molar-refractivity contribution in [2.75, 3.05) is 6.61 Å². The summed E-state index contributed by atoms with van der Waals surface area (Å²) < 4.78 is 5.17. The van der Waals surface area contributed by atoms with Gasteiger partial charge in [-0.1, -0.05) is 50.6 Å². The highest BCUT2D eigenvalue weighted by molar-refractivity contribution is 5.93. The zero-order valence-electron chi connectivity index (χ0n) is 16.3. The van der Waals surface area contributed by atoms with Crippen LogP contribution in [-0.2, 0) is 4.74 Å². The second-order valence-electron chi connectivity index (χ2n) is 8.28. The maximum Gasteiger partial charge on any atom is 0.338 e. The Morgan fingerprint density at radius 3 is 2.88 bits per heavy atom. The summed E-state index contributed by atoms with van der Waals surface area (Å²) in [5.74, 6) is 1.20. The lowest BCUT2D eigenvalue weighted by molar-refractivity contribution is -0.0230. The number of carbonyl (C=O) groups excluding carboxylic acids is 1. The Labute approximate surface area is 157 Å². The zero-order chi connectivity index (χ0) is 18.7. The van der Waals surface area contributed by atoms with E-state index in [1.54, 1.807) is 0 Å². The van der Waals surface area contributed by atoms with Crippen molar-refractivity contribution in [1.82, 2.24) is 0 Å². The fourth-order valence-electron chi connectivity index (χ4n) is 5.48. The molecule has 2 aliphatic carbocycles. The van der Waals surface area contributed by atoms with Gasteiger partial charge in [0.05, 0.1) is 18.3 Å². The van der Waals surface area contributed by atoms with E-state index in [9.17, 15) is 9.90 Å². The van der Waals surface area contributed by atoms with Crippen LogP contribution in [0.15, 0.2) is 30.3 Å². The Morgan fingerprint density at radius 2 is 2.12 bits per heavy atom. The van der Waals surface area contributed by atoms with Crippen LogP contribution in [-0.4, -0.2) is 23.8 Å². The van der Waals surface area contributed by atoms with Gasteiger partial charge in [-0.25, -0.2) is 4.79 Å². The summed E-state index contributed by atoms with van der Waals surface area (Å²) >= 11 is 0. The van der Waals surface area contributed by atoms with Gasteiger partial charge in [0.15, 0.2) is 0 Å². The summed E-state index contributed by atoms with van der Waals surface area (Å²) in [6.45, 7) is 6.88. The molecule has 2 saturated carbocycles. The Bertz CT molecular complexity index is 665. The van der Waals surface area contributed by atoms with Crippen molar-refractivity contribution in [3.05, 3.63) is 41.5 Å². The molecule has 0 spiro atoms. The van der Waals surface area contributed by atoms with Gasteiger partial charge in [0.25, 0.3) is 0 Å². The molecule has 3 nitrogen and oxygen atoms in total. The summed E-state index contributed by atoms with van der Waals surface area (Å²) in [5.41, 5.74) is 1.78. The lowest BCUT2D eigenvalue weighted by Gasteiger charge is -2.44. The first-order valence-electron chi connectivity index (χ1n) is 10.1. The number of aliphatic hydroxyl groups excluding tert-OH is 1. The summed E-state index contributed by atoms with van der Waals surface area (Å²) in [6, 6.07) is 7.63. The molecule has 0 radical (unpaired) electrons. The molecule has 2 fully saturated rings. The maximum atomic E-state index is 12.2. The molecule has 1 N–H and O–H groups in total. The number of aliphatic hydroxyl groups is 1. The lowest BCUT2D eigenvalue weighted by atomic mass is 9.62. The predicted molar refractivity (Wildman–Crippen MR) is 105 cm³/mol. The SMILES string of the molecule is CCOC(=O)c1ccccc1C=CC(C)[C@H]1CC[C@H]2[C@@H](O)CCC[C@]12C.